The van der Waals surface area contributed by atoms with Gasteiger partial charge in [-0.3, -0.25) is 0 Å². The molecule has 0 atom stereocenters. The second-order valence-corrected chi connectivity index (χ2v) is 14.0. The zero-order valence-corrected chi connectivity index (χ0v) is 30.9. The van der Waals surface area contributed by atoms with Gasteiger partial charge < -0.3 is 4.90 Å². The number of hydrogen-bond acceptors (Lipinski definition) is 3. The second-order valence-electron chi connectivity index (χ2n) is 12.7. The fraction of sp³-hybridized carbons (Fsp3) is 0.400. The van der Waals surface area contributed by atoms with Crippen LogP contribution in [-0.4, -0.2) is 19.0 Å². The van der Waals surface area contributed by atoms with Crippen LogP contribution in [0.3, 0.4) is 0 Å². The first-order valence-electron chi connectivity index (χ1n) is 15.8. The van der Waals surface area contributed by atoms with E-state index in [1.807, 2.05) is 42.5 Å². The summed E-state index contributed by atoms with van der Waals surface area (Å²) >= 11 is -0.857. The molecule has 234 valence electrons. The van der Waals surface area contributed by atoms with E-state index in [1.54, 1.807) is 0 Å². The third-order valence-corrected chi connectivity index (χ3v) is 8.39. The molecule has 4 aromatic rings. The smallest absolute Gasteiger partial charge is 0.000120 e. The molecule has 0 aliphatic rings. The minimum Gasteiger partial charge on any atom is -0.307 e. The molecule has 44 heavy (non-hydrogen) atoms. The number of hydrogen-bond donors (Lipinski definition) is 0. The zero-order chi connectivity index (χ0) is 32.6. The Morgan fingerprint density at radius 2 is 1.02 bits per heavy atom. The SMILES string of the molecule is CC(C)c1cccc(C(C)C)c1[N]=[Mo+2]=[N]c1c(C(C)C)cccc1C(C)C.CN(C)Cc1[c-]cccc1.Cc1cc[c-]cc1. The molecule has 0 heterocycles. The van der Waals surface area contributed by atoms with Gasteiger partial charge >= 0.3 is 174 Å². The molecule has 0 unspecified atom stereocenters. The van der Waals surface area contributed by atoms with Crippen molar-refractivity contribution >= 4 is 11.4 Å². The van der Waals surface area contributed by atoms with Crippen LogP contribution >= 0.6 is 0 Å². The van der Waals surface area contributed by atoms with Crippen molar-refractivity contribution in [2.75, 3.05) is 14.1 Å². The van der Waals surface area contributed by atoms with E-state index in [0.717, 1.165) is 6.54 Å². The van der Waals surface area contributed by atoms with Crippen LogP contribution in [0.4, 0.5) is 11.4 Å². The molecule has 0 aliphatic carbocycles. The fourth-order valence-electron chi connectivity index (χ4n) is 4.68. The van der Waals surface area contributed by atoms with E-state index in [2.05, 4.69) is 136 Å². The van der Waals surface area contributed by atoms with E-state index in [4.69, 9.17) is 6.99 Å². The van der Waals surface area contributed by atoms with Gasteiger partial charge in [0.05, 0.1) is 0 Å². The number of rotatable bonds is 8. The molecule has 0 N–H and O–H groups in total. The minimum atomic E-state index is -0.857. The Morgan fingerprint density at radius 3 is 1.32 bits per heavy atom. The van der Waals surface area contributed by atoms with Crippen molar-refractivity contribution in [1.82, 2.24) is 4.90 Å². The van der Waals surface area contributed by atoms with E-state index in [1.165, 1.54) is 44.8 Å². The van der Waals surface area contributed by atoms with Gasteiger partial charge in [0.2, 0.25) is 0 Å². The summed E-state index contributed by atoms with van der Waals surface area (Å²) in [5.74, 6) is 1.90. The maximum absolute atomic E-state index is 5.11. The van der Waals surface area contributed by atoms with Crippen LogP contribution in [0.25, 0.3) is 0 Å². The Labute approximate surface area is 277 Å². The van der Waals surface area contributed by atoms with Gasteiger partial charge in [-0.1, -0.05) is 6.92 Å². The summed E-state index contributed by atoms with van der Waals surface area (Å²) in [4.78, 5) is 2.13. The van der Waals surface area contributed by atoms with Gasteiger partial charge in [-0.25, -0.2) is 0 Å². The molecule has 0 amide bonds. The van der Waals surface area contributed by atoms with Crippen LogP contribution in [0.2, 0.25) is 0 Å². The predicted molar refractivity (Wildman–Crippen MR) is 186 cm³/mol. The van der Waals surface area contributed by atoms with Gasteiger partial charge in [-0.15, -0.1) is 5.56 Å². The molecule has 4 heteroatoms. The molecule has 3 nitrogen and oxygen atoms in total. The zero-order valence-electron chi connectivity index (χ0n) is 28.8. The van der Waals surface area contributed by atoms with E-state index in [0.29, 0.717) is 23.7 Å². The van der Waals surface area contributed by atoms with Crippen LogP contribution in [0, 0.1) is 19.1 Å². The van der Waals surface area contributed by atoms with Crippen molar-refractivity contribution in [1.29, 1.82) is 0 Å². The normalized spacial score (nSPS) is 10.7. The predicted octanol–water partition coefficient (Wildman–Crippen LogP) is 11.9. The topological polar surface area (TPSA) is 28.0 Å². The molecule has 0 radical (unpaired) electrons. The van der Waals surface area contributed by atoms with Crippen molar-refractivity contribution in [2.24, 2.45) is 6.99 Å². The summed E-state index contributed by atoms with van der Waals surface area (Å²) in [5.41, 5.74) is 10.3. The van der Waals surface area contributed by atoms with Crippen LogP contribution in [0.1, 0.15) is 112 Å². The Bertz CT molecular complexity index is 1330. The van der Waals surface area contributed by atoms with Crippen molar-refractivity contribution in [3.8, 4) is 0 Å². The third kappa shape index (κ3) is 12.6. The summed E-state index contributed by atoms with van der Waals surface area (Å²) in [7, 11) is 4.11. The average Bonchev–Trinajstić information content (AvgIpc) is 2.98. The van der Waals surface area contributed by atoms with Gasteiger partial charge in [0.25, 0.3) is 0 Å². The molecule has 0 bridgehead atoms. The maximum Gasteiger partial charge on any atom is 0.000120 e. The molecule has 0 fully saturated rings. The van der Waals surface area contributed by atoms with Crippen LogP contribution in [0.15, 0.2) is 91.9 Å². The molecule has 4 rings (SSSR count). The fourth-order valence-corrected chi connectivity index (χ4v) is 6.21. The minimum absolute atomic E-state index is 0.476. The van der Waals surface area contributed by atoms with Gasteiger partial charge in [0.1, 0.15) is 0 Å². The molecule has 0 saturated heterocycles. The molecular formula is C40H53MoN3. The van der Waals surface area contributed by atoms with E-state index in [9.17, 15) is 0 Å². The van der Waals surface area contributed by atoms with Crippen molar-refractivity contribution < 1.29 is 18.2 Å². The standard InChI is InChI=1S/2C12H17N.C9H12N.C7H7.Mo/c2*1-8(2)10-6-5-7-11(9(3)4)12(10)13;1-10(2)8-9-6-4-3-5-7-9;1-7-5-3-2-4-6-7;/h2*5-9H,1-4H3;3-6H,8H2,1-2H3;3-6H,1H3;/q;;2*-1;+2. The van der Waals surface area contributed by atoms with Crippen molar-refractivity contribution in [2.45, 2.75) is 92.5 Å². The summed E-state index contributed by atoms with van der Waals surface area (Å²) in [6.07, 6.45) is 0. The number of nitrogens with zero attached hydrogens (tertiary/aromatic N) is 3. The summed E-state index contributed by atoms with van der Waals surface area (Å²) in [5, 5.41) is 0. The molecule has 4 aromatic carbocycles. The molecule has 0 saturated carbocycles. The van der Waals surface area contributed by atoms with Gasteiger partial charge in [-0.05, 0) is 14.1 Å². The maximum atomic E-state index is 5.11. The largest absolute Gasteiger partial charge is 0.307 e. The van der Waals surface area contributed by atoms with Crippen LogP contribution < -0.4 is 0 Å². The second kappa shape index (κ2) is 19.5. The van der Waals surface area contributed by atoms with Gasteiger partial charge in [0, 0.05) is 6.54 Å². The third-order valence-electron chi connectivity index (χ3n) is 7.09. The summed E-state index contributed by atoms with van der Waals surface area (Å²) < 4.78 is 10.2. The van der Waals surface area contributed by atoms with Gasteiger partial charge in [-0.2, -0.15) is 66.2 Å². The molecule has 0 aliphatic heterocycles. The quantitative estimate of drug-likeness (QED) is 0.135. The van der Waals surface area contributed by atoms with Crippen molar-refractivity contribution in [3.63, 3.8) is 0 Å². The Kier molecular flexibility index (Phi) is 16.5. The first-order valence-corrected chi connectivity index (χ1v) is 17.6. The van der Waals surface area contributed by atoms with Crippen molar-refractivity contribution in [3.05, 3.63) is 130 Å². The number of benzene rings is 4. The Morgan fingerprint density at radius 1 is 0.591 bits per heavy atom. The molecule has 0 aromatic heterocycles. The first kappa shape index (κ1) is 37.3. The van der Waals surface area contributed by atoms with E-state index < -0.39 is 18.2 Å². The molecule has 0 spiro atoms. The summed E-state index contributed by atoms with van der Waals surface area (Å²) in [6.45, 7) is 21.0. The molecular weight excluding hydrogens is 618 g/mol. The van der Waals surface area contributed by atoms with E-state index >= 15 is 0 Å². The van der Waals surface area contributed by atoms with Crippen LogP contribution in [0.5, 0.6) is 0 Å². The average molecular weight is 672 g/mol. The van der Waals surface area contributed by atoms with Crippen LogP contribution in [-0.2, 0) is 24.7 Å². The Balaban J connectivity index is 0.000000320. The van der Waals surface area contributed by atoms with Gasteiger partial charge in [0.15, 0.2) is 0 Å². The first-order chi connectivity index (χ1) is 20.9. The number of aryl methyl sites for hydroxylation is 1. The van der Waals surface area contributed by atoms with E-state index in [-0.39, 0.29) is 0 Å². The summed E-state index contributed by atoms with van der Waals surface area (Å²) in [6, 6.07) is 35.3. The monoisotopic (exact) mass is 673 g/mol. The Hall–Kier alpha value is -2.87.